The molecule has 174 valence electrons. The number of carbonyl (C=O) groups excluding carboxylic acids is 2. The first-order valence-electron chi connectivity index (χ1n) is 10.5. The number of ether oxygens (including phenoxy) is 2. The summed E-state index contributed by atoms with van der Waals surface area (Å²) in [6, 6.07) is 18.1. The number of nitrogens with one attached hydrogen (secondary N) is 1. The number of thiophene rings is 1. The molecule has 3 aromatic rings. The highest BCUT2D eigenvalue weighted by atomic mass is 35.5. The fraction of sp³-hybridized carbons (Fsp3) is 0.192. The number of nitriles is 1. The van der Waals surface area contributed by atoms with Gasteiger partial charge in [-0.05, 0) is 54.0 Å². The number of rotatable bonds is 9. The highest BCUT2D eigenvalue weighted by molar-refractivity contribution is 7.16. The lowest BCUT2D eigenvalue weighted by Crippen LogP contribution is -2.15. The summed E-state index contributed by atoms with van der Waals surface area (Å²) in [6.07, 6.45) is 3.14. The average molecular weight is 495 g/mol. The van der Waals surface area contributed by atoms with E-state index < -0.39 is 11.9 Å². The Kier molecular flexibility index (Phi) is 8.86. The van der Waals surface area contributed by atoms with E-state index in [2.05, 4.69) is 5.32 Å². The number of hydrogen-bond acceptors (Lipinski definition) is 6. The van der Waals surface area contributed by atoms with E-state index in [1.54, 1.807) is 36.4 Å². The second-order valence-corrected chi connectivity index (χ2v) is 8.89. The zero-order chi connectivity index (χ0) is 24.5. The molecule has 1 heterocycles. The predicted octanol–water partition coefficient (Wildman–Crippen LogP) is 6.27. The van der Waals surface area contributed by atoms with Crippen LogP contribution in [0, 0.1) is 11.3 Å². The second-order valence-electron chi connectivity index (χ2n) is 7.31. The van der Waals surface area contributed by atoms with Gasteiger partial charge < -0.3 is 14.8 Å². The van der Waals surface area contributed by atoms with Crippen LogP contribution in [-0.4, -0.2) is 19.0 Å². The van der Waals surface area contributed by atoms with Gasteiger partial charge in [-0.1, -0.05) is 49.2 Å². The summed E-state index contributed by atoms with van der Waals surface area (Å²) in [5, 5.41) is 13.3. The third-order valence-electron chi connectivity index (χ3n) is 4.74. The monoisotopic (exact) mass is 494 g/mol. The summed E-state index contributed by atoms with van der Waals surface area (Å²) in [5.41, 5.74) is 1.72. The Morgan fingerprint density at radius 3 is 2.68 bits per heavy atom. The summed E-state index contributed by atoms with van der Waals surface area (Å²) in [6.45, 7) is 2.35. The molecule has 3 rings (SSSR count). The van der Waals surface area contributed by atoms with Crippen molar-refractivity contribution in [2.75, 3.05) is 12.4 Å². The van der Waals surface area contributed by atoms with Crippen LogP contribution in [0.5, 0.6) is 5.75 Å². The van der Waals surface area contributed by atoms with Crippen LogP contribution in [0.25, 0.3) is 6.08 Å². The van der Waals surface area contributed by atoms with E-state index in [1.807, 2.05) is 31.2 Å². The van der Waals surface area contributed by atoms with Crippen LogP contribution in [-0.2, 0) is 22.6 Å². The van der Waals surface area contributed by atoms with Gasteiger partial charge in [0.1, 0.15) is 29.0 Å². The molecule has 34 heavy (non-hydrogen) atoms. The number of esters is 1. The van der Waals surface area contributed by atoms with E-state index in [-0.39, 0.29) is 11.1 Å². The van der Waals surface area contributed by atoms with Gasteiger partial charge in [-0.25, -0.2) is 4.79 Å². The van der Waals surface area contributed by atoms with Crippen LogP contribution in [0.3, 0.4) is 0 Å². The molecule has 0 saturated heterocycles. The number of hydrogen-bond donors (Lipinski definition) is 1. The minimum Gasteiger partial charge on any atom is -0.489 e. The van der Waals surface area contributed by atoms with Crippen molar-refractivity contribution in [1.29, 1.82) is 5.26 Å². The van der Waals surface area contributed by atoms with Crippen molar-refractivity contribution >= 4 is 45.9 Å². The van der Waals surface area contributed by atoms with Crippen LogP contribution in [0.15, 0.2) is 60.2 Å². The van der Waals surface area contributed by atoms with Crippen molar-refractivity contribution in [2.24, 2.45) is 0 Å². The first kappa shape index (κ1) is 25.0. The van der Waals surface area contributed by atoms with Crippen LogP contribution in [0.1, 0.15) is 39.7 Å². The summed E-state index contributed by atoms with van der Waals surface area (Å²) in [4.78, 5) is 25.9. The topological polar surface area (TPSA) is 88.4 Å². The number of halogens is 1. The third-order valence-corrected chi connectivity index (χ3v) is 6.09. The first-order chi connectivity index (χ1) is 16.4. The van der Waals surface area contributed by atoms with Crippen molar-refractivity contribution < 1.29 is 19.1 Å². The number of nitrogens with zero attached hydrogens (tertiary/aromatic N) is 1. The maximum atomic E-state index is 12.8. The fourth-order valence-electron chi connectivity index (χ4n) is 3.14. The minimum atomic E-state index is -0.609. The molecular weight excluding hydrogens is 472 g/mol. The van der Waals surface area contributed by atoms with Crippen molar-refractivity contribution in [2.45, 2.75) is 26.4 Å². The zero-order valence-electron chi connectivity index (χ0n) is 18.8. The highest BCUT2D eigenvalue weighted by Crippen LogP contribution is 2.30. The fourth-order valence-corrected chi connectivity index (χ4v) is 4.49. The quantitative estimate of drug-likeness (QED) is 0.215. The lowest BCUT2D eigenvalue weighted by Gasteiger charge is -2.08. The van der Waals surface area contributed by atoms with Crippen molar-refractivity contribution in [3.8, 4) is 11.8 Å². The van der Waals surface area contributed by atoms with Gasteiger partial charge in [-0.3, -0.25) is 4.79 Å². The molecule has 0 aliphatic heterocycles. The molecule has 0 atom stereocenters. The van der Waals surface area contributed by atoms with Gasteiger partial charge in [0.15, 0.2) is 0 Å². The number of aryl methyl sites for hydroxylation is 1. The Morgan fingerprint density at radius 2 is 1.97 bits per heavy atom. The van der Waals surface area contributed by atoms with Crippen molar-refractivity contribution in [3.63, 3.8) is 0 Å². The van der Waals surface area contributed by atoms with Crippen LogP contribution >= 0.6 is 22.9 Å². The van der Waals surface area contributed by atoms with E-state index in [9.17, 15) is 14.9 Å². The minimum absolute atomic E-state index is 0.103. The highest BCUT2D eigenvalue weighted by Gasteiger charge is 2.20. The summed E-state index contributed by atoms with van der Waals surface area (Å²) in [5.74, 6) is -0.564. The molecule has 0 radical (unpaired) electrons. The molecule has 0 bridgehead atoms. The number of methoxy groups -OCH3 is 1. The first-order valence-corrected chi connectivity index (χ1v) is 11.7. The van der Waals surface area contributed by atoms with Gasteiger partial charge in [-0.15, -0.1) is 11.3 Å². The van der Waals surface area contributed by atoms with Gasteiger partial charge in [0.05, 0.1) is 12.7 Å². The van der Waals surface area contributed by atoms with Gasteiger partial charge >= 0.3 is 5.97 Å². The van der Waals surface area contributed by atoms with Crippen LogP contribution in [0.4, 0.5) is 5.00 Å². The lowest BCUT2D eigenvalue weighted by atomic mass is 10.1. The summed E-state index contributed by atoms with van der Waals surface area (Å²) < 4.78 is 10.6. The van der Waals surface area contributed by atoms with Crippen molar-refractivity contribution in [1.82, 2.24) is 0 Å². The molecule has 0 fully saturated rings. The summed E-state index contributed by atoms with van der Waals surface area (Å²) >= 11 is 7.31. The Labute approximate surface area is 207 Å². The van der Waals surface area contributed by atoms with Gasteiger partial charge in [-0.2, -0.15) is 5.26 Å². The van der Waals surface area contributed by atoms with E-state index in [4.69, 9.17) is 21.1 Å². The number of amides is 1. The molecule has 0 aliphatic rings. The van der Waals surface area contributed by atoms with Crippen LogP contribution < -0.4 is 10.1 Å². The van der Waals surface area contributed by atoms with E-state index in [1.165, 1.54) is 24.5 Å². The molecule has 0 saturated carbocycles. The van der Waals surface area contributed by atoms with E-state index >= 15 is 0 Å². The Morgan fingerprint density at radius 1 is 1.18 bits per heavy atom. The molecule has 6 nitrogen and oxygen atoms in total. The standard InChI is InChI=1S/C26H23ClN2O4S/c1-3-6-22-14-23(26(31)32-2)25(34-22)29-24(30)19(15-28)11-17-7-5-10-21(13-17)33-16-18-8-4-9-20(27)12-18/h4-5,7-14H,3,6,16H2,1-2H3,(H,29,30). The predicted molar refractivity (Wildman–Crippen MR) is 134 cm³/mol. The van der Waals surface area contributed by atoms with Gasteiger partial charge in [0.25, 0.3) is 5.91 Å². The lowest BCUT2D eigenvalue weighted by molar-refractivity contribution is -0.112. The second kappa shape index (κ2) is 12.0. The van der Waals surface area contributed by atoms with E-state index in [0.717, 1.165) is 23.3 Å². The molecular formula is C26H23ClN2O4S. The normalized spacial score (nSPS) is 10.9. The Bertz CT molecular complexity index is 1260. The summed E-state index contributed by atoms with van der Waals surface area (Å²) in [7, 11) is 1.28. The van der Waals surface area contributed by atoms with Gasteiger partial charge in [0.2, 0.25) is 0 Å². The Balaban J connectivity index is 1.76. The molecule has 1 aromatic heterocycles. The van der Waals surface area contributed by atoms with Gasteiger partial charge in [0, 0.05) is 9.90 Å². The molecule has 0 spiro atoms. The third kappa shape index (κ3) is 6.70. The molecule has 2 aromatic carbocycles. The molecule has 1 N–H and O–H groups in total. The SMILES string of the molecule is CCCc1cc(C(=O)OC)c(NC(=O)C(C#N)=Cc2cccc(OCc3cccc(Cl)c3)c2)s1. The molecule has 1 amide bonds. The Hall–Kier alpha value is -3.60. The number of benzene rings is 2. The average Bonchev–Trinajstić information content (AvgIpc) is 3.23. The maximum absolute atomic E-state index is 12.8. The molecule has 8 heteroatoms. The number of anilines is 1. The zero-order valence-corrected chi connectivity index (χ0v) is 20.3. The smallest absolute Gasteiger partial charge is 0.340 e. The maximum Gasteiger partial charge on any atom is 0.340 e. The molecule has 0 aliphatic carbocycles. The van der Waals surface area contributed by atoms with E-state index in [0.29, 0.717) is 27.9 Å². The largest absolute Gasteiger partial charge is 0.489 e. The number of carbonyl (C=O) groups is 2. The van der Waals surface area contributed by atoms with Crippen molar-refractivity contribution in [3.05, 3.63) is 86.8 Å². The van der Waals surface area contributed by atoms with Crippen LogP contribution in [0.2, 0.25) is 5.02 Å². The molecule has 0 unspecified atom stereocenters.